The second-order valence-electron chi connectivity index (χ2n) is 7.45. The van der Waals surface area contributed by atoms with Gasteiger partial charge in [0.15, 0.2) is 0 Å². The molecular formula is C19H26N6O. The molecule has 138 valence electrons. The third-order valence-corrected chi connectivity index (χ3v) is 5.86. The summed E-state index contributed by atoms with van der Waals surface area (Å²) in [6.45, 7) is 2.65. The molecule has 0 bridgehead atoms. The van der Waals surface area contributed by atoms with Crippen molar-refractivity contribution in [2.24, 2.45) is 0 Å². The van der Waals surface area contributed by atoms with E-state index in [0.29, 0.717) is 25.0 Å². The SMILES string of the molecule is CN(C(=O)CCn1cnnn1)C1CCCN(C2Cc3ccccc3C2)C1. The van der Waals surface area contributed by atoms with Crippen LogP contribution in [0.5, 0.6) is 0 Å². The number of carbonyl (C=O) groups is 1. The molecule has 0 saturated carbocycles. The molecule has 2 aromatic rings. The van der Waals surface area contributed by atoms with E-state index in [2.05, 4.69) is 44.7 Å². The van der Waals surface area contributed by atoms with Gasteiger partial charge in [0.25, 0.3) is 0 Å². The van der Waals surface area contributed by atoms with Gasteiger partial charge in [-0.3, -0.25) is 9.69 Å². The summed E-state index contributed by atoms with van der Waals surface area (Å²) < 4.78 is 1.61. The molecule has 4 rings (SSSR count). The van der Waals surface area contributed by atoms with Crippen molar-refractivity contribution >= 4 is 5.91 Å². The van der Waals surface area contributed by atoms with Crippen LogP contribution in [0.1, 0.15) is 30.4 Å². The van der Waals surface area contributed by atoms with E-state index >= 15 is 0 Å². The predicted molar refractivity (Wildman–Crippen MR) is 97.4 cm³/mol. The number of rotatable bonds is 5. The summed E-state index contributed by atoms with van der Waals surface area (Å²) in [5.41, 5.74) is 2.98. The zero-order chi connectivity index (χ0) is 17.9. The Morgan fingerprint density at radius 1 is 1.27 bits per heavy atom. The summed E-state index contributed by atoms with van der Waals surface area (Å²) >= 11 is 0. The molecule has 1 atom stereocenters. The van der Waals surface area contributed by atoms with Crippen molar-refractivity contribution in [3.8, 4) is 0 Å². The predicted octanol–water partition coefficient (Wildman–Crippen LogP) is 1.15. The Balaban J connectivity index is 1.32. The minimum atomic E-state index is 0.169. The summed E-state index contributed by atoms with van der Waals surface area (Å²) in [5, 5.41) is 11.0. The first kappa shape index (κ1) is 17.1. The zero-order valence-corrected chi connectivity index (χ0v) is 15.3. The highest BCUT2D eigenvalue weighted by Gasteiger charge is 2.32. The average Bonchev–Trinajstić information content (AvgIpc) is 3.35. The van der Waals surface area contributed by atoms with Gasteiger partial charge in [0.2, 0.25) is 5.91 Å². The molecule has 0 N–H and O–H groups in total. The lowest BCUT2D eigenvalue weighted by Crippen LogP contribution is -2.51. The van der Waals surface area contributed by atoms with Gasteiger partial charge in [0, 0.05) is 32.1 Å². The lowest BCUT2D eigenvalue weighted by atomic mass is 10.0. The van der Waals surface area contributed by atoms with Crippen LogP contribution in [0.25, 0.3) is 0 Å². The second kappa shape index (κ2) is 7.53. The first-order valence-electron chi connectivity index (χ1n) is 9.48. The highest BCUT2D eigenvalue weighted by Crippen LogP contribution is 2.28. The van der Waals surface area contributed by atoms with E-state index in [-0.39, 0.29) is 5.91 Å². The van der Waals surface area contributed by atoms with Crippen molar-refractivity contribution in [1.82, 2.24) is 30.0 Å². The molecule has 26 heavy (non-hydrogen) atoms. The fourth-order valence-corrected chi connectivity index (χ4v) is 4.30. The Hall–Kier alpha value is -2.28. The van der Waals surface area contributed by atoms with Crippen molar-refractivity contribution in [1.29, 1.82) is 0 Å². The molecule has 1 fully saturated rings. The quantitative estimate of drug-likeness (QED) is 0.806. The first-order chi connectivity index (χ1) is 12.7. The Morgan fingerprint density at radius 3 is 2.73 bits per heavy atom. The summed E-state index contributed by atoms with van der Waals surface area (Å²) in [6, 6.07) is 9.67. The number of likely N-dealkylation sites (tertiary alicyclic amines) is 1. The molecule has 0 spiro atoms. The third-order valence-electron chi connectivity index (χ3n) is 5.86. The van der Waals surface area contributed by atoms with E-state index in [1.165, 1.54) is 11.1 Å². The number of hydrogen-bond donors (Lipinski definition) is 0. The Bertz CT molecular complexity index is 721. The summed E-state index contributed by atoms with van der Waals surface area (Å²) in [7, 11) is 1.94. The Kier molecular flexibility index (Phi) is 4.97. The van der Waals surface area contributed by atoms with Gasteiger partial charge in [-0.2, -0.15) is 0 Å². The number of fused-ring (bicyclic) bond motifs is 1. The summed E-state index contributed by atoms with van der Waals surface area (Å²) in [4.78, 5) is 17.1. The van der Waals surface area contributed by atoms with Crippen LogP contribution in [0.2, 0.25) is 0 Å². The zero-order valence-electron chi connectivity index (χ0n) is 15.3. The number of piperidine rings is 1. The number of aryl methyl sites for hydroxylation is 1. The fourth-order valence-electron chi connectivity index (χ4n) is 4.30. The van der Waals surface area contributed by atoms with Gasteiger partial charge >= 0.3 is 0 Å². The van der Waals surface area contributed by atoms with Gasteiger partial charge in [-0.05, 0) is 53.8 Å². The van der Waals surface area contributed by atoms with E-state index in [1.54, 1.807) is 11.0 Å². The lowest BCUT2D eigenvalue weighted by Gasteiger charge is -2.40. The molecular weight excluding hydrogens is 328 g/mol. The van der Waals surface area contributed by atoms with Crippen LogP contribution >= 0.6 is 0 Å². The second-order valence-corrected chi connectivity index (χ2v) is 7.45. The number of tetrazole rings is 1. The van der Waals surface area contributed by atoms with E-state index in [0.717, 1.165) is 38.8 Å². The summed E-state index contributed by atoms with van der Waals surface area (Å²) in [6.07, 6.45) is 6.51. The Morgan fingerprint density at radius 2 is 2.04 bits per heavy atom. The molecule has 1 unspecified atom stereocenters. The molecule has 7 nitrogen and oxygen atoms in total. The van der Waals surface area contributed by atoms with Crippen LogP contribution in [0.4, 0.5) is 0 Å². The molecule has 1 amide bonds. The van der Waals surface area contributed by atoms with Crippen LogP contribution in [0.15, 0.2) is 30.6 Å². The summed E-state index contributed by atoms with van der Waals surface area (Å²) in [5.74, 6) is 0.169. The van der Waals surface area contributed by atoms with Crippen molar-refractivity contribution in [3.05, 3.63) is 41.7 Å². The topological polar surface area (TPSA) is 67.2 Å². The van der Waals surface area contributed by atoms with E-state index < -0.39 is 0 Å². The molecule has 1 aliphatic heterocycles. The normalized spacial score (nSPS) is 20.9. The highest BCUT2D eigenvalue weighted by molar-refractivity contribution is 5.76. The van der Waals surface area contributed by atoms with Crippen LogP contribution in [0.3, 0.4) is 0 Å². The minimum Gasteiger partial charge on any atom is -0.341 e. The van der Waals surface area contributed by atoms with Crippen molar-refractivity contribution in [3.63, 3.8) is 0 Å². The van der Waals surface area contributed by atoms with Crippen molar-refractivity contribution in [2.45, 2.75) is 50.7 Å². The lowest BCUT2D eigenvalue weighted by molar-refractivity contribution is -0.133. The van der Waals surface area contributed by atoms with Gasteiger partial charge in [-0.15, -0.1) is 5.10 Å². The van der Waals surface area contributed by atoms with Crippen LogP contribution in [-0.4, -0.2) is 68.1 Å². The third kappa shape index (κ3) is 3.62. The van der Waals surface area contributed by atoms with Gasteiger partial charge in [0.1, 0.15) is 6.33 Å². The number of aromatic nitrogens is 4. The monoisotopic (exact) mass is 354 g/mol. The van der Waals surface area contributed by atoms with Crippen molar-refractivity contribution in [2.75, 3.05) is 20.1 Å². The molecule has 2 heterocycles. The highest BCUT2D eigenvalue weighted by atomic mass is 16.2. The number of nitrogens with zero attached hydrogens (tertiary/aromatic N) is 6. The Labute approximate surface area is 154 Å². The van der Waals surface area contributed by atoms with Crippen LogP contribution < -0.4 is 0 Å². The van der Waals surface area contributed by atoms with E-state index in [9.17, 15) is 4.79 Å². The number of carbonyl (C=O) groups excluding carboxylic acids is 1. The number of likely N-dealkylation sites (N-methyl/N-ethyl adjacent to an activating group) is 1. The van der Waals surface area contributed by atoms with Crippen molar-refractivity contribution < 1.29 is 4.79 Å². The maximum Gasteiger partial charge on any atom is 0.224 e. The van der Waals surface area contributed by atoms with Crippen LogP contribution in [-0.2, 0) is 24.2 Å². The molecule has 0 radical (unpaired) electrons. The van der Waals surface area contributed by atoms with E-state index in [4.69, 9.17) is 0 Å². The maximum atomic E-state index is 12.6. The molecule has 1 aromatic carbocycles. The maximum absolute atomic E-state index is 12.6. The molecule has 1 aliphatic carbocycles. The minimum absolute atomic E-state index is 0.169. The van der Waals surface area contributed by atoms with E-state index in [1.807, 2.05) is 11.9 Å². The number of amides is 1. The van der Waals surface area contributed by atoms with Gasteiger partial charge in [-0.25, -0.2) is 4.68 Å². The van der Waals surface area contributed by atoms with Gasteiger partial charge in [-0.1, -0.05) is 24.3 Å². The average molecular weight is 354 g/mol. The number of hydrogen-bond acceptors (Lipinski definition) is 5. The number of benzene rings is 1. The molecule has 1 aromatic heterocycles. The fraction of sp³-hybridized carbons (Fsp3) is 0.579. The van der Waals surface area contributed by atoms with Gasteiger partial charge < -0.3 is 4.90 Å². The standard InChI is InChI=1S/C19H26N6O/c1-23(19(26)8-10-25-14-20-21-22-25)17-7-4-9-24(13-17)18-11-15-5-2-3-6-16(15)12-18/h2-3,5-6,14,17-18H,4,7-13H2,1H3. The molecule has 2 aliphatic rings. The smallest absolute Gasteiger partial charge is 0.224 e. The molecule has 7 heteroatoms. The molecule has 1 saturated heterocycles. The van der Waals surface area contributed by atoms with Crippen LogP contribution in [0, 0.1) is 0 Å². The first-order valence-corrected chi connectivity index (χ1v) is 9.48. The van der Waals surface area contributed by atoms with Gasteiger partial charge in [0.05, 0.1) is 6.54 Å². The largest absolute Gasteiger partial charge is 0.341 e.